The van der Waals surface area contributed by atoms with E-state index in [0.29, 0.717) is 5.75 Å². The second kappa shape index (κ2) is 7.19. The molecular formula is C20H22ClN2O2+. The van der Waals surface area contributed by atoms with Crippen LogP contribution in [-0.2, 0) is 13.1 Å². The fraction of sp³-hybridized carbons (Fsp3) is 0.250. The summed E-state index contributed by atoms with van der Waals surface area (Å²) >= 11 is 6.20. The Morgan fingerprint density at radius 3 is 2.64 bits per heavy atom. The molecule has 0 radical (unpaired) electrons. The molecule has 0 aliphatic heterocycles. The highest BCUT2D eigenvalue weighted by Gasteiger charge is 2.21. The van der Waals surface area contributed by atoms with E-state index in [4.69, 9.17) is 16.3 Å². The van der Waals surface area contributed by atoms with Crippen molar-refractivity contribution in [3.8, 4) is 11.5 Å². The average Bonchev–Trinajstić information content (AvgIpc) is 2.92. The van der Waals surface area contributed by atoms with Crippen LogP contribution in [0, 0.1) is 0 Å². The predicted octanol–water partition coefficient (Wildman–Crippen LogP) is 4.51. The van der Waals surface area contributed by atoms with Crippen molar-refractivity contribution < 1.29 is 14.4 Å². The van der Waals surface area contributed by atoms with E-state index in [1.54, 1.807) is 13.2 Å². The number of aryl methyl sites for hydroxylation is 2. The van der Waals surface area contributed by atoms with Crippen molar-refractivity contribution in [2.75, 3.05) is 7.11 Å². The van der Waals surface area contributed by atoms with Gasteiger partial charge in [-0.15, -0.1) is 0 Å². The van der Waals surface area contributed by atoms with Gasteiger partial charge in [0, 0.05) is 17.2 Å². The van der Waals surface area contributed by atoms with Gasteiger partial charge in [-0.25, -0.2) is 9.13 Å². The summed E-state index contributed by atoms with van der Waals surface area (Å²) in [5.74, 6) is 1.71. The van der Waals surface area contributed by atoms with Crippen molar-refractivity contribution >= 4 is 34.8 Å². The number of hydrogen-bond donors (Lipinski definition) is 1. The van der Waals surface area contributed by atoms with E-state index in [1.807, 2.05) is 30.3 Å². The molecule has 4 nitrogen and oxygen atoms in total. The van der Waals surface area contributed by atoms with Crippen LogP contribution in [0.1, 0.15) is 25.2 Å². The maximum atomic E-state index is 9.74. The summed E-state index contributed by atoms with van der Waals surface area (Å²) in [6.07, 6.45) is 4.11. The second-order valence-corrected chi connectivity index (χ2v) is 6.18. The van der Waals surface area contributed by atoms with Gasteiger partial charge in [0.1, 0.15) is 0 Å². The minimum absolute atomic E-state index is 0.139. The lowest BCUT2D eigenvalue weighted by Gasteiger charge is -2.03. The number of hydrogen-bond acceptors (Lipinski definition) is 2. The smallest absolute Gasteiger partial charge is 0.282 e. The highest BCUT2D eigenvalue weighted by Crippen LogP contribution is 2.27. The molecule has 0 amide bonds. The highest BCUT2D eigenvalue weighted by atomic mass is 35.5. The van der Waals surface area contributed by atoms with Crippen molar-refractivity contribution in [3.05, 3.63) is 52.8 Å². The molecule has 0 fully saturated rings. The quantitative estimate of drug-likeness (QED) is 0.682. The summed E-state index contributed by atoms with van der Waals surface area (Å²) in [6, 6.07) is 11.3. The van der Waals surface area contributed by atoms with Crippen LogP contribution in [0.25, 0.3) is 23.2 Å². The normalized spacial score (nSPS) is 11.5. The van der Waals surface area contributed by atoms with Crippen molar-refractivity contribution in [2.24, 2.45) is 0 Å². The Bertz CT molecular complexity index is 945. The van der Waals surface area contributed by atoms with Gasteiger partial charge in [0.15, 0.2) is 22.5 Å². The Morgan fingerprint density at radius 1 is 1.16 bits per heavy atom. The zero-order valence-corrected chi connectivity index (χ0v) is 15.4. The van der Waals surface area contributed by atoms with E-state index in [9.17, 15) is 5.11 Å². The molecule has 3 rings (SSSR count). The SMILES string of the molecule is CCn1c(C=Cc2ccc(O)c(OC)c2)[n+](CC)c2ccc(Cl)cc21. The zero-order valence-electron chi connectivity index (χ0n) is 14.7. The summed E-state index contributed by atoms with van der Waals surface area (Å²) < 4.78 is 9.70. The molecular weight excluding hydrogens is 336 g/mol. The molecule has 0 saturated carbocycles. The molecule has 5 heteroatoms. The van der Waals surface area contributed by atoms with Gasteiger partial charge in [-0.2, -0.15) is 0 Å². The number of aromatic nitrogens is 2. The fourth-order valence-electron chi connectivity index (χ4n) is 3.15. The highest BCUT2D eigenvalue weighted by molar-refractivity contribution is 6.31. The number of aromatic hydroxyl groups is 1. The van der Waals surface area contributed by atoms with Gasteiger partial charge in [0.05, 0.1) is 20.2 Å². The Morgan fingerprint density at radius 2 is 1.96 bits per heavy atom. The second-order valence-electron chi connectivity index (χ2n) is 5.74. The molecule has 0 aliphatic carbocycles. The number of ether oxygens (including phenoxy) is 1. The van der Waals surface area contributed by atoms with Crippen LogP contribution in [0.2, 0.25) is 5.02 Å². The van der Waals surface area contributed by atoms with E-state index in [1.165, 1.54) is 0 Å². The molecule has 25 heavy (non-hydrogen) atoms. The number of imidazole rings is 1. The first-order chi connectivity index (χ1) is 12.1. The van der Waals surface area contributed by atoms with Crippen molar-refractivity contribution in [1.29, 1.82) is 0 Å². The third kappa shape index (κ3) is 3.22. The van der Waals surface area contributed by atoms with Crippen LogP contribution >= 0.6 is 11.6 Å². The lowest BCUT2D eigenvalue weighted by Crippen LogP contribution is -2.35. The van der Waals surface area contributed by atoms with Crippen molar-refractivity contribution in [1.82, 2.24) is 4.57 Å². The van der Waals surface area contributed by atoms with E-state index in [-0.39, 0.29) is 5.75 Å². The number of phenolic OH excluding ortho intramolecular Hbond substituents is 1. The van der Waals surface area contributed by atoms with E-state index in [2.05, 4.69) is 35.1 Å². The largest absolute Gasteiger partial charge is 0.504 e. The first-order valence-corrected chi connectivity index (χ1v) is 8.73. The molecule has 3 aromatic rings. The van der Waals surface area contributed by atoms with Gasteiger partial charge in [0.25, 0.3) is 5.82 Å². The number of methoxy groups -OCH3 is 1. The van der Waals surface area contributed by atoms with Crippen LogP contribution in [0.4, 0.5) is 0 Å². The van der Waals surface area contributed by atoms with Crippen LogP contribution < -0.4 is 9.30 Å². The lowest BCUT2D eigenvalue weighted by atomic mass is 10.2. The van der Waals surface area contributed by atoms with Crippen LogP contribution in [0.15, 0.2) is 36.4 Å². The molecule has 0 spiro atoms. The molecule has 1 heterocycles. The van der Waals surface area contributed by atoms with Gasteiger partial charge >= 0.3 is 0 Å². The molecule has 1 N–H and O–H groups in total. The maximum Gasteiger partial charge on any atom is 0.282 e. The Labute approximate surface area is 152 Å². The summed E-state index contributed by atoms with van der Waals surface area (Å²) in [4.78, 5) is 0. The Balaban J connectivity index is 2.11. The molecule has 0 bridgehead atoms. The minimum atomic E-state index is 0.139. The van der Waals surface area contributed by atoms with Gasteiger partial charge < -0.3 is 9.84 Å². The van der Waals surface area contributed by atoms with Crippen LogP contribution in [-0.4, -0.2) is 16.8 Å². The summed E-state index contributed by atoms with van der Waals surface area (Å²) in [7, 11) is 1.55. The topological polar surface area (TPSA) is 38.3 Å². The zero-order chi connectivity index (χ0) is 18.0. The molecule has 0 saturated heterocycles. The molecule has 0 aliphatic rings. The molecule has 0 unspecified atom stereocenters. The van der Waals surface area contributed by atoms with Crippen LogP contribution in [0.3, 0.4) is 0 Å². The third-order valence-corrected chi connectivity index (χ3v) is 4.57. The van der Waals surface area contributed by atoms with E-state index < -0.39 is 0 Å². The molecule has 1 aromatic heterocycles. The monoisotopic (exact) mass is 357 g/mol. The summed E-state index contributed by atoms with van der Waals surface area (Å²) in [5, 5.41) is 10.5. The van der Waals surface area contributed by atoms with Gasteiger partial charge in [-0.1, -0.05) is 17.7 Å². The number of phenols is 1. The standard InChI is InChI=1S/C20H21ClN2O2/c1-4-22-16-9-8-15(21)13-17(16)23(5-2)20(22)11-7-14-6-10-18(24)19(12-14)25-3/h6-13H,4-5H2,1-3H3/p+1. The number of rotatable bonds is 5. The molecule has 130 valence electrons. The summed E-state index contributed by atoms with van der Waals surface area (Å²) in [6.45, 7) is 5.97. The van der Waals surface area contributed by atoms with Crippen molar-refractivity contribution in [3.63, 3.8) is 0 Å². The minimum Gasteiger partial charge on any atom is -0.504 e. The Kier molecular flexibility index (Phi) is 5.00. The Hall–Kier alpha value is -2.46. The number of fused-ring (bicyclic) bond motifs is 1. The first kappa shape index (κ1) is 17.4. The molecule has 2 aromatic carbocycles. The molecule has 0 atom stereocenters. The van der Waals surface area contributed by atoms with E-state index in [0.717, 1.165) is 40.5 Å². The average molecular weight is 358 g/mol. The first-order valence-electron chi connectivity index (χ1n) is 8.35. The van der Waals surface area contributed by atoms with Crippen molar-refractivity contribution in [2.45, 2.75) is 26.9 Å². The number of halogens is 1. The van der Waals surface area contributed by atoms with Crippen LogP contribution in [0.5, 0.6) is 11.5 Å². The van der Waals surface area contributed by atoms with Gasteiger partial charge in [-0.05, 0) is 49.8 Å². The van der Waals surface area contributed by atoms with E-state index >= 15 is 0 Å². The van der Waals surface area contributed by atoms with Gasteiger partial charge in [0.2, 0.25) is 0 Å². The fourth-order valence-corrected chi connectivity index (χ4v) is 3.31. The summed E-state index contributed by atoms with van der Waals surface area (Å²) in [5.41, 5.74) is 3.25. The van der Waals surface area contributed by atoms with Gasteiger partial charge in [-0.3, -0.25) is 0 Å². The maximum absolute atomic E-state index is 9.74. The number of nitrogens with zero attached hydrogens (tertiary/aromatic N) is 2. The third-order valence-electron chi connectivity index (χ3n) is 4.33. The predicted molar refractivity (Wildman–Crippen MR) is 102 cm³/mol. The lowest BCUT2D eigenvalue weighted by molar-refractivity contribution is -0.670. The number of benzene rings is 2.